The maximum absolute atomic E-state index is 12.4. The fourth-order valence-electron chi connectivity index (χ4n) is 3.01. The molecule has 9 heteroatoms. The van der Waals surface area contributed by atoms with Gasteiger partial charge >= 0.3 is 0 Å². The highest BCUT2D eigenvalue weighted by molar-refractivity contribution is 7.84. The van der Waals surface area contributed by atoms with Gasteiger partial charge in [0.15, 0.2) is 5.82 Å². The number of hydrogen-bond acceptors (Lipinski definition) is 7. The molecule has 2 unspecified atom stereocenters. The van der Waals surface area contributed by atoms with Gasteiger partial charge in [0.25, 0.3) is 0 Å². The number of fused-ring (bicyclic) bond motifs is 1. The molecule has 3 heterocycles. The molecule has 0 fully saturated rings. The minimum Gasteiger partial charge on any atom is -0.382 e. The Labute approximate surface area is 160 Å². The third-order valence-corrected chi connectivity index (χ3v) is 5.88. The summed E-state index contributed by atoms with van der Waals surface area (Å²) in [5, 5.41) is 0.360. The van der Waals surface area contributed by atoms with Gasteiger partial charge in [-0.1, -0.05) is 0 Å². The van der Waals surface area contributed by atoms with Crippen LogP contribution in [-0.2, 0) is 22.1 Å². The van der Waals surface area contributed by atoms with Crippen LogP contribution in [0.5, 0.6) is 0 Å². The number of pyridine rings is 1. The number of methoxy groups -OCH3 is 1. The molecule has 3 aromatic heterocycles. The zero-order chi connectivity index (χ0) is 19.6. The summed E-state index contributed by atoms with van der Waals surface area (Å²) >= 11 is 0. The number of nitrogens with zero attached hydrogens (tertiary/aromatic N) is 5. The van der Waals surface area contributed by atoms with Gasteiger partial charge in [-0.2, -0.15) is 0 Å². The van der Waals surface area contributed by atoms with Gasteiger partial charge < -0.3 is 15.0 Å². The van der Waals surface area contributed by atoms with Crippen molar-refractivity contribution in [3.63, 3.8) is 0 Å². The Morgan fingerprint density at radius 3 is 2.63 bits per heavy atom. The highest BCUT2D eigenvalue weighted by Gasteiger charge is 2.21. The standard InChI is InChI=1S/C18H24N6O2S/c1-11-12(2)22-16(19)14-15(11)24(17(23-14)13(3)26-4)9-6-10-27(25)18-20-7-5-8-21-18/h5,7-8,13H,6,9-10H2,1-4H3,(H2,19,22). The van der Waals surface area contributed by atoms with Gasteiger partial charge in [0, 0.05) is 37.5 Å². The van der Waals surface area contributed by atoms with Crippen LogP contribution in [0.1, 0.15) is 36.5 Å². The number of aromatic nitrogens is 5. The molecule has 0 bridgehead atoms. The summed E-state index contributed by atoms with van der Waals surface area (Å²) in [6, 6.07) is 1.71. The van der Waals surface area contributed by atoms with Crippen molar-refractivity contribution in [2.75, 3.05) is 18.6 Å². The van der Waals surface area contributed by atoms with Crippen LogP contribution in [0.2, 0.25) is 0 Å². The van der Waals surface area contributed by atoms with Gasteiger partial charge in [0.05, 0.1) is 16.3 Å². The third kappa shape index (κ3) is 3.84. The normalized spacial score (nSPS) is 13.8. The first-order valence-corrected chi connectivity index (χ1v) is 10.1. The van der Waals surface area contributed by atoms with Crippen LogP contribution in [0, 0.1) is 13.8 Å². The molecule has 0 spiro atoms. The molecule has 0 aliphatic carbocycles. The van der Waals surface area contributed by atoms with Gasteiger partial charge in [-0.3, -0.25) is 4.21 Å². The Balaban J connectivity index is 1.91. The van der Waals surface area contributed by atoms with Crippen molar-refractivity contribution in [2.45, 2.75) is 45.0 Å². The molecule has 8 nitrogen and oxygen atoms in total. The van der Waals surface area contributed by atoms with Crippen molar-refractivity contribution in [1.82, 2.24) is 24.5 Å². The van der Waals surface area contributed by atoms with Crippen LogP contribution in [0.4, 0.5) is 5.82 Å². The summed E-state index contributed by atoms with van der Waals surface area (Å²) in [5.41, 5.74) is 9.66. The highest BCUT2D eigenvalue weighted by Crippen LogP contribution is 2.29. The molecule has 0 radical (unpaired) electrons. The van der Waals surface area contributed by atoms with Crippen molar-refractivity contribution in [1.29, 1.82) is 0 Å². The fraction of sp³-hybridized carbons (Fsp3) is 0.444. The van der Waals surface area contributed by atoms with Gasteiger partial charge in [-0.15, -0.1) is 0 Å². The van der Waals surface area contributed by atoms with Crippen LogP contribution in [0.25, 0.3) is 11.0 Å². The summed E-state index contributed by atoms with van der Waals surface area (Å²) < 4.78 is 20.0. The SMILES string of the molecule is COC(C)c1nc2c(N)nc(C)c(C)c2n1CCCS(=O)c1ncccn1. The van der Waals surface area contributed by atoms with Crippen LogP contribution in [0.15, 0.2) is 23.6 Å². The number of nitrogens with two attached hydrogens (primary N) is 1. The first kappa shape index (κ1) is 19.4. The monoisotopic (exact) mass is 388 g/mol. The molecular formula is C18H24N6O2S. The lowest BCUT2D eigenvalue weighted by atomic mass is 10.2. The first-order valence-electron chi connectivity index (χ1n) is 8.75. The molecular weight excluding hydrogens is 364 g/mol. The molecule has 0 saturated heterocycles. The van der Waals surface area contributed by atoms with Crippen LogP contribution in [-0.4, -0.2) is 41.6 Å². The average Bonchev–Trinajstić information content (AvgIpc) is 3.06. The fourth-order valence-corrected chi connectivity index (χ4v) is 3.94. The smallest absolute Gasteiger partial charge is 0.218 e. The molecule has 144 valence electrons. The van der Waals surface area contributed by atoms with Crippen molar-refractivity contribution in [3.05, 3.63) is 35.5 Å². The van der Waals surface area contributed by atoms with Crippen LogP contribution < -0.4 is 5.73 Å². The van der Waals surface area contributed by atoms with E-state index in [4.69, 9.17) is 15.5 Å². The highest BCUT2D eigenvalue weighted by atomic mass is 32.2. The van der Waals surface area contributed by atoms with E-state index in [2.05, 4.69) is 19.5 Å². The zero-order valence-corrected chi connectivity index (χ0v) is 16.8. The number of rotatable bonds is 7. The Kier molecular flexibility index (Phi) is 5.81. The van der Waals surface area contributed by atoms with Gasteiger partial charge in [0.2, 0.25) is 5.16 Å². The number of hydrogen-bond donors (Lipinski definition) is 1. The Bertz CT molecular complexity index is 973. The number of ether oxygens (including phenoxy) is 1. The molecule has 3 aromatic rings. The van der Waals surface area contributed by atoms with Gasteiger partial charge in [-0.25, -0.2) is 19.9 Å². The number of anilines is 1. The zero-order valence-electron chi connectivity index (χ0n) is 16.0. The maximum atomic E-state index is 12.4. The summed E-state index contributed by atoms with van der Waals surface area (Å²) in [4.78, 5) is 17.2. The lowest BCUT2D eigenvalue weighted by Gasteiger charge is -2.14. The molecule has 3 rings (SSSR count). The minimum absolute atomic E-state index is 0.195. The van der Waals surface area contributed by atoms with Crippen molar-refractivity contribution in [2.24, 2.45) is 0 Å². The molecule has 27 heavy (non-hydrogen) atoms. The molecule has 2 atom stereocenters. The van der Waals surface area contributed by atoms with E-state index in [-0.39, 0.29) is 6.10 Å². The summed E-state index contributed by atoms with van der Waals surface area (Å²) in [7, 11) is 0.413. The quantitative estimate of drug-likeness (QED) is 0.619. The first-order chi connectivity index (χ1) is 12.9. The van der Waals surface area contributed by atoms with Crippen LogP contribution >= 0.6 is 0 Å². The van der Waals surface area contributed by atoms with E-state index in [9.17, 15) is 4.21 Å². The largest absolute Gasteiger partial charge is 0.382 e. The van der Waals surface area contributed by atoms with E-state index >= 15 is 0 Å². The van der Waals surface area contributed by atoms with E-state index < -0.39 is 10.8 Å². The molecule has 0 aliphatic heterocycles. The maximum Gasteiger partial charge on any atom is 0.218 e. The van der Waals surface area contributed by atoms with E-state index in [1.807, 2.05) is 20.8 Å². The average molecular weight is 388 g/mol. The third-order valence-electron chi connectivity index (χ3n) is 4.60. The van der Waals surface area contributed by atoms with Crippen LogP contribution in [0.3, 0.4) is 0 Å². The second-order valence-corrected chi connectivity index (χ2v) is 7.80. The predicted octanol–water partition coefficient (Wildman–Crippen LogP) is 2.33. The van der Waals surface area contributed by atoms with Crippen molar-refractivity contribution >= 4 is 27.7 Å². The molecule has 0 aromatic carbocycles. The topological polar surface area (TPSA) is 109 Å². The minimum atomic E-state index is -1.24. The second kappa shape index (κ2) is 8.10. The Morgan fingerprint density at radius 2 is 1.96 bits per heavy atom. The molecule has 0 saturated carbocycles. The van der Waals surface area contributed by atoms with E-state index in [0.29, 0.717) is 35.2 Å². The molecule has 2 N–H and O–H groups in total. The Hall–Kier alpha value is -2.39. The number of imidazole rings is 1. The van der Waals surface area contributed by atoms with E-state index in [1.165, 1.54) is 0 Å². The number of nitrogen functional groups attached to an aromatic ring is 1. The predicted molar refractivity (Wildman–Crippen MR) is 105 cm³/mol. The lowest BCUT2D eigenvalue weighted by molar-refractivity contribution is 0.109. The van der Waals surface area contributed by atoms with E-state index in [0.717, 1.165) is 22.6 Å². The van der Waals surface area contributed by atoms with Gasteiger partial charge in [0.1, 0.15) is 17.4 Å². The second-order valence-electron chi connectivity index (χ2n) is 6.34. The van der Waals surface area contributed by atoms with Crippen molar-refractivity contribution in [3.8, 4) is 0 Å². The van der Waals surface area contributed by atoms with Gasteiger partial charge in [-0.05, 0) is 38.8 Å². The Morgan fingerprint density at radius 1 is 1.26 bits per heavy atom. The molecule has 0 aliphatic rings. The summed E-state index contributed by atoms with van der Waals surface area (Å²) in [6.07, 6.45) is 3.69. The summed E-state index contributed by atoms with van der Waals surface area (Å²) in [6.45, 7) is 6.53. The molecule has 0 amide bonds. The number of aryl methyl sites for hydroxylation is 3. The summed E-state index contributed by atoms with van der Waals surface area (Å²) in [5.74, 6) is 1.66. The lowest BCUT2D eigenvalue weighted by Crippen LogP contribution is -2.12. The van der Waals surface area contributed by atoms with Crippen molar-refractivity contribution < 1.29 is 8.95 Å². The van der Waals surface area contributed by atoms with E-state index in [1.54, 1.807) is 25.6 Å².